The van der Waals surface area contributed by atoms with Crippen LogP contribution >= 0.6 is 0 Å². The topological polar surface area (TPSA) is 42.3 Å². The third-order valence-electron chi connectivity index (χ3n) is 4.79. The van der Waals surface area contributed by atoms with Crippen LogP contribution in [0.4, 0.5) is 4.39 Å². The number of sulfonamides is 1. The van der Waals surface area contributed by atoms with Crippen LogP contribution < -0.4 is 0 Å². The first kappa shape index (κ1) is 17.0. The minimum Gasteiger partial charge on any atom is -0.348 e. The second kappa shape index (κ2) is 6.37. The van der Waals surface area contributed by atoms with E-state index in [1.807, 2.05) is 49.5 Å². The molecule has 0 amide bonds. The van der Waals surface area contributed by atoms with Crippen molar-refractivity contribution in [1.82, 2.24) is 8.87 Å². The number of aromatic nitrogens is 1. The zero-order valence-electron chi connectivity index (χ0n) is 14.3. The lowest BCUT2D eigenvalue weighted by molar-refractivity contribution is 0.298. The van der Waals surface area contributed by atoms with Crippen molar-refractivity contribution in [2.45, 2.75) is 24.4 Å². The van der Waals surface area contributed by atoms with Gasteiger partial charge in [-0.3, -0.25) is 0 Å². The summed E-state index contributed by atoms with van der Waals surface area (Å²) in [4.78, 5) is -0.0189. The summed E-state index contributed by atoms with van der Waals surface area (Å²) in [7, 11) is -3.83. The average Bonchev–Trinajstić information content (AvgIpc) is 3.10. The zero-order chi connectivity index (χ0) is 18.3. The molecular weight excluding hydrogens is 351 g/mol. The molecule has 3 aromatic rings. The molecule has 0 fully saturated rings. The van der Waals surface area contributed by atoms with Crippen LogP contribution in [0.15, 0.2) is 71.8 Å². The van der Waals surface area contributed by atoms with Crippen molar-refractivity contribution < 1.29 is 12.8 Å². The lowest BCUT2D eigenvalue weighted by Gasteiger charge is -2.36. The monoisotopic (exact) mass is 370 g/mol. The van der Waals surface area contributed by atoms with Crippen molar-refractivity contribution >= 4 is 10.0 Å². The molecular formula is C20H19FN2O2S. The van der Waals surface area contributed by atoms with Crippen molar-refractivity contribution in [3.8, 4) is 0 Å². The first-order valence-electron chi connectivity index (χ1n) is 8.46. The molecule has 4 nitrogen and oxygen atoms in total. The second-order valence-electron chi connectivity index (χ2n) is 6.51. The summed E-state index contributed by atoms with van der Waals surface area (Å²) < 4.78 is 43.7. The van der Waals surface area contributed by atoms with Gasteiger partial charge in [-0.25, -0.2) is 12.8 Å². The molecule has 134 valence electrons. The maximum absolute atomic E-state index is 13.6. The van der Waals surface area contributed by atoms with Crippen LogP contribution in [0.2, 0.25) is 0 Å². The maximum atomic E-state index is 13.6. The van der Waals surface area contributed by atoms with Gasteiger partial charge in [-0.1, -0.05) is 35.9 Å². The first-order valence-corrected chi connectivity index (χ1v) is 9.90. The van der Waals surface area contributed by atoms with E-state index in [2.05, 4.69) is 4.57 Å². The summed E-state index contributed by atoms with van der Waals surface area (Å²) in [5, 5.41) is 0. The molecule has 0 N–H and O–H groups in total. The Labute approximate surface area is 152 Å². The van der Waals surface area contributed by atoms with Crippen LogP contribution in [0.3, 0.4) is 0 Å². The standard InChI is InChI=1S/C20H19FN2O2S/c1-15-7-9-16(10-8-15)20-19-6-3-11-22(19)12-13-23(20)26(24,25)18-5-2-4-17(21)14-18/h2-11,14,20H,12-13H2,1H3. The van der Waals surface area contributed by atoms with Crippen LogP contribution in [0.5, 0.6) is 0 Å². The highest BCUT2D eigenvalue weighted by Crippen LogP contribution is 2.36. The Balaban J connectivity index is 1.85. The van der Waals surface area contributed by atoms with E-state index in [4.69, 9.17) is 0 Å². The maximum Gasteiger partial charge on any atom is 0.244 e. The molecule has 0 saturated carbocycles. The molecule has 1 aliphatic rings. The molecule has 1 aromatic heterocycles. The van der Waals surface area contributed by atoms with Crippen LogP contribution in [0.1, 0.15) is 22.9 Å². The van der Waals surface area contributed by atoms with E-state index in [-0.39, 0.29) is 4.90 Å². The summed E-state index contributed by atoms with van der Waals surface area (Å²) >= 11 is 0. The molecule has 26 heavy (non-hydrogen) atoms. The van der Waals surface area contributed by atoms with Gasteiger partial charge in [0.25, 0.3) is 0 Å². The van der Waals surface area contributed by atoms with Gasteiger partial charge in [0.15, 0.2) is 0 Å². The molecule has 0 aliphatic carbocycles. The minimum absolute atomic E-state index is 0.0189. The summed E-state index contributed by atoms with van der Waals surface area (Å²) in [6.07, 6.45) is 1.96. The number of fused-ring (bicyclic) bond motifs is 1. The van der Waals surface area contributed by atoms with Gasteiger partial charge in [0.05, 0.1) is 10.9 Å². The first-order chi connectivity index (χ1) is 12.5. The number of hydrogen-bond donors (Lipinski definition) is 0. The highest BCUT2D eigenvalue weighted by atomic mass is 32.2. The average molecular weight is 370 g/mol. The molecule has 0 radical (unpaired) electrons. The van der Waals surface area contributed by atoms with Gasteiger partial charge in [0.2, 0.25) is 10.0 Å². The summed E-state index contributed by atoms with van der Waals surface area (Å²) in [5.41, 5.74) is 2.93. The Morgan fingerprint density at radius 2 is 1.77 bits per heavy atom. The van der Waals surface area contributed by atoms with Gasteiger partial charge in [-0.05, 0) is 42.8 Å². The molecule has 2 heterocycles. The van der Waals surface area contributed by atoms with Gasteiger partial charge in [-0.2, -0.15) is 4.31 Å². The lowest BCUT2D eigenvalue weighted by atomic mass is 10.0. The second-order valence-corrected chi connectivity index (χ2v) is 8.40. The predicted octanol–water partition coefficient (Wildman–Crippen LogP) is 3.73. The Morgan fingerprint density at radius 3 is 2.50 bits per heavy atom. The van der Waals surface area contributed by atoms with E-state index in [0.717, 1.165) is 22.9 Å². The molecule has 2 aromatic carbocycles. The lowest BCUT2D eigenvalue weighted by Crippen LogP contribution is -2.42. The largest absolute Gasteiger partial charge is 0.348 e. The summed E-state index contributed by atoms with van der Waals surface area (Å²) in [5.74, 6) is -0.557. The molecule has 0 spiro atoms. The van der Waals surface area contributed by atoms with Gasteiger partial charge in [-0.15, -0.1) is 0 Å². The van der Waals surface area contributed by atoms with Gasteiger partial charge in [0, 0.05) is 25.0 Å². The SMILES string of the molecule is Cc1ccc(C2c3cccn3CCN2S(=O)(=O)c2cccc(F)c2)cc1. The van der Waals surface area contributed by atoms with E-state index in [1.54, 1.807) is 0 Å². The smallest absolute Gasteiger partial charge is 0.244 e. The number of rotatable bonds is 3. The Kier molecular flexibility index (Phi) is 4.17. The fourth-order valence-electron chi connectivity index (χ4n) is 3.47. The molecule has 4 rings (SSSR count). The van der Waals surface area contributed by atoms with Gasteiger partial charge < -0.3 is 4.57 Å². The van der Waals surface area contributed by atoms with E-state index in [9.17, 15) is 12.8 Å². The minimum atomic E-state index is -3.83. The fourth-order valence-corrected chi connectivity index (χ4v) is 5.08. The van der Waals surface area contributed by atoms with E-state index in [1.165, 1.54) is 22.5 Å². The molecule has 0 saturated heterocycles. The van der Waals surface area contributed by atoms with Crippen LogP contribution in [-0.2, 0) is 16.6 Å². The van der Waals surface area contributed by atoms with Crippen LogP contribution in [0.25, 0.3) is 0 Å². The van der Waals surface area contributed by atoms with E-state index >= 15 is 0 Å². The number of benzene rings is 2. The third kappa shape index (κ3) is 2.85. The molecule has 1 aliphatic heterocycles. The number of aryl methyl sites for hydroxylation is 1. The molecule has 1 atom stereocenters. The predicted molar refractivity (Wildman–Crippen MR) is 97.7 cm³/mol. The highest BCUT2D eigenvalue weighted by Gasteiger charge is 2.37. The van der Waals surface area contributed by atoms with Crippen LogP contribution in [-0.4, -0.2) is 23.8 Å². The van der Waals surface area contributed by atoms with Crippen molar-refractivity contribution in [3.63, 3.8) is 0 Å². The quantitative estimate of drug-likeness (QED) is 0.705. The van der Waals surface area contributed by atoms with Crippen molar-refractivity contribution in [3.05, 3.63) is 89.5 Å². The van der Waals surface area contributed by atoms with Gasteiger partial charge >= 0.3 is 0 Å². The number of hydrogen-bond acceptors (Lipinski definition) is 2. The van der Waals surface area contributed by atoms with E-state index in [0.29, 0.717) is 13.1 Å². The number of halogens is 1. The summed E-state index contributed by atoms with van der Waals surface area (Å²) in [6, 6.07) is 16.5. The van der Waals surface area contributed by atoms with Crippen molar-refractivity contribution in [2.75, 3.05) is 6.54 Å². The zero-order valence-corrected chi connectivity index (χ0v) is 15.2. The fraction of sp³-hybridized carbons (Fsp3) is 0.200. The summed E-state index contributed by atoms with van der Waals surface area (Å²) in [6.45, 7) is 2.90. The van der Waals surface area contributed by atoms with Crippen LogP contribution in [0, 0.1) is 12.7 Å². The van der Waals surface area contributed by atoms with Crippen molar-refractivity contribution in [1.29, 1.82) is 0 Å². The van der Waals surface area contributed by atoms with E-state index < -0.39 is 21.9 Å². The molecule has 1 unspecified atom stereocenters. The molecule has 6 heteroatoms. The van der Waals surface area contributed by atoms with Crippen molar-refractivity contribution in [2.24, 2.45) is 0 Å². The Bertz CT molecular complexity index is 1040. The normalized spacial score (nSPS) is 17.8. The Hall–Kier alpha value is -2.44. The third-order valence-corrected chi connectivity index (χ3v) is 6.65. The Morgan fingerprint density at radius 1 is 1.00 bits per heavy atom. The highest BCUT2D eigenvalue weighted by molar-refractivity contribution is 7.89. The molecule has 0 bridgehead atoms. The van der Waals surface area contributed by atoms with Gasteiger partial charge in [0.1, 0.15) is 5.82 Å². The number of nitrogens with zero attached hydrogens (tertiary/aromatic N) is 2.